The molecule has 12 heteroatoms. The van der Waals surface area contributed by atoms with Crippen molar-refractivity contribution < 1.29 is 42.4 Å². The predicted molar refractivity (Wildman–Crippen MR) is 142 cm³/mol. The standard InChI is InChI=1S/C26H27N3O4.C2HF3O2/c1-32-19-8-6-18(7-9-19)22(16-26(30)31)23-17-29-24-15-20(10-11-21(23)24)33-14-4-13-28-25-5-2-3-12-27-25;3-2(4,5)1(6)7/h2-3,5-12,15,17,22,29H,4,13-14,16H2,1H3,(H,27,28)(H,30,31);(H,6,7). The van der Waals surface area contributed by atoms with E-state index < -0.39 is 18.1 Å². The van der Waals surface area contributed by atoms with Gasteiger partial charge in [-0.1, -0.05) is 18.2 Å². The molecule has 1 atom stereocenters. The van der Waals surface area contributed by atoms with E-state index in [2.05, 4.69) is 15.3 Å². The highest BCUT2D eigenvalue weighted by atomic mass is 19.4. The number of nitrogens with zero attached hydrogens (tertiary/aromatic N) is 1. The van der Waals surface area contributed by atoms with E-state index in [0.717, 1.165) is 52.3 Å². The van der Waals surface area contributed by atoms with Gasteiger partial charge in [0, 0.05) is 41.8 Å². The van der Waals surface area contributed by atoms with Crippen LogP contribution in [0.25, 0.3) is 10.9 Å². The molecule has 0 aliphatic rings. The minimum atomic E-state index is -5.08. The Morgan fingerprint density at radius 1 is 1.05 bits per heavy atom. The summed E-state index contributed by atoms with van der Waals surface area (Å²) in [4.78, 5) is 28.0. The number of carboxylic acids is 2. The molecule has 9 nitrogen and oxygen atoms in total. The first-order chi connectivity index (χ1) is 19.1. The molecule has 2 aromatic carbocycles. The van der Waals surface area contributed by atoms with Crippen molar-refractivity contribution in [2.24, 2.45) is 0 Å². The number of pyridine rings is 1. The van der Waals surface area contributed by atoms with Gasteiger partial charge in [0.05, 0.1) is 20.1 Å². The second-order valence-electron chi connectivity index (χ2n) is 8.52. The number of nitrogens with one attached hydrogen (secondary N) is 2. The van der Waals surface area contributed by atoms with Gasteiger partial charge in [0.1, 0.15) is 17.3 Å². The largest absolute Gasteiger partial charge is 0.497 e. The summed E-state index contributed by atoms with van der Waals surface area (Å²) >= 11 is 0. The number of aromatic nitrogens is 2. The lowest BCUT2D eigenvalue weighted by atomic mass is 9.88. The van der Waals surface area contributed by atoms with E-state index in [4.69, 9.17) is 19.4 Å². The molecule has 0 bridgehead atoms. The van der Waals surface area contributed by atoms with Gasteiger partial charge in [-0.05, 0) is 53.9 Å². The van der Waals surface area contributed by atoms with Gasteiger partial charge in [0.2, 0.25) is 0 Å². The van der Waals surface area contributed by atoms with Gasteiger partial charge in [0.25, 0.3) is 0 Å². The van der Waals surface area contributed by atoms with Crippen molar-refractivity contribution in [2.75, 3.05) is 25.6 Å². The number of halogens is 3. The van der Waals surface area contributed by atoms with Crippen LogP contribution < -0.4 is 14.8 Å². The Hall–Kier alpha value is -4.74. The van der Waals surface area contributed by atoms with Gasteiger partial charge in [-0.2, -0.15) is 13.2 Å². The van der Waals surface area contributed by atoms with Crippen LogP contribution in [0.3, 0.4) is 0 Å². The Balaban J connectivity index is 0.000000559. The number of benzene rings is 2. The Morgan fingerprint density at radius 3 is 2.35 bits per heavy atom. The van der Waals surface area contributed by atoms with E-state index in [1.165, 1.54) is 0 Å². The topological polar surface area (TPSA) is 134 Å². The van der Waals surface area contributed by atoms with Crippen LogP contribution in [0.4, 0.5) is 19.0 Å². The number of carbonyl (C=O) groups is 2. The van der Waals surface area contributed by atoms with Gasteiger partial charge in [-0.3, -0.25) is 4.79 Å². The number of aliphatic carboxylic acids is 2. The maximum atomic E-state index is 11.6. The lowest BCUT2D eigenvalue weighted by Crippen LogP contribution is -2.21. The number of aromatic amines is 1. The van der Waals surface area contributed by atoms with Crippen LogP contribution in [0.1, 0.15) is 29.9 Å². The van der Waals surface area contributed by atoms with E-state index in [-0.39, 0.29) is 12.3 Å². The molecular formula is C28H28F3N3O6. The quantitative estimate of drug-likeness (QED) is 0.172. The summed E-state index contributed by atoms with van der Waals surface area (Å²) in [5.74, 6) is -1.51. The third-order valence-electron chi connectivity index (χ3n) is 5.76. The molecule has 0 amide bonds. The summed E-state index contributed by atoms with van der Waals surface area (Å²) in [6.45, 7) is 1.34. The minimum absolute atomic E-state index is 0.000799. The fraction of sp³-hybridized carbons (Fsp3) is 0.250. The van der Waals surface area contributed by atoms with Gasteiger partial charge >= 0.3 is 18.1 Å². The molecule has 2 heterocycles. The number of H-pyrrole nitrogens is 1. The highest BCUT2D eigenvalue weighted by molar-refractivity contribution is 5.86. The van der Waals surface area contributed by atoms with Crippen LogP contribution in [0.5, 0.6) is 11.5 Å². The second kappa shape index (κ2) is 13.9. The normalized spacial score (nSPS) is 11.7. The van der Waals surface area contributed by atoms with Gasteiger partial charge in [0.15, 0.2) is 0 Å². The van der Waals surface area contributed by atoms with Crippen LogP contribution in [-0.4, -0.2) is 58.6 Å². The predicted octanol–water partition coefficient (Wildman–Crippen LogP) is 5.69. The molecule has 0 aliphatic heterocycles. The molecule has 212 valence electrons. The van der Waals surface area contributed by atoms with Crippen LogP contribution in [0.2, 0.25) is 0 Å². The number of carboxylic acid groups (broad SMARTS) is 2. The number of anilines is 1. The van der Waals surface area contributed by atoms with Gasteiger partial charge in [-0.25, -0.2) is 9.78 Å². The van der Waals surface area contributed by atoms with Crippen molar-refractivity contribution in [1.29, 1.82) is 0 Å². The van der Waals surface area contributed by atoms with Crippen LogP contribution in [0, 0.1) is 0 Å². The molecule has 0 radical (unpaired) electrons. The zero-order chi connectivity index (χ0) is 29.1. The van der Waals surface area contributed by atoms with Crippen molar-refractivity contribution in [3.63, 3.8) is 0 Å². The SMILES string of the molecule is COc1ccc(C(CC(=O)O)c2c[nH]c3cc(OCCCNc4ccccn4)ccc23)cc1.O=C(O)C(F)(F)F. The highest BCUT2D eigenvalue weighted by Crippen LogP contribution is 2.35. The zero-order valence-corrected chi connectivity index (χ0v) is 21.4. The van der Waals surface area contributed by atoms with E-state index >= 15 is 0 Å². The Bertz CT molecular complexity index is 1390. The fourth-order valence-corrected chi connectivity index (χ4v) is 3.87. The summed E-state index contributed by atoms with van der Waals surface area (Å²) < 4.78 is 42.9. The van der Waals surface area contributed by atoms with Gasteiger partial charge in [-0.15, -0.1) is 0 Å². The number of fused-ring (bicyclic) bond motifs is 1. The fourth-order valence-electron chi connectivity index (χ4n) is 3.87. The average molecular weight is 560 g/mol. The summed E-state index contributed by atoms with van der Waals surface area (Å²) in [6, 6.07) is 19.2. The number of ether oxygens (including phenoxy) is 2. The van der Waals surface area contributed by atoms with Crippen LogP contribution in [-0.2, 0) is 9.59 Å². The Labute approximate surface area is 227 Å². The maximum Gasteiger partial charge on any atom is 0.490 e. The summed E-state index contributed by atoms with van der Waals surface area (Å²) in [5, 5.41) is 20.9. The monoisotopic (exact) mass is 559 g/mol. The van der Waals surface area contributed by atoms with E-state index in [0.29, 0.717) is 6.61 Å². The highest BCUT2D eigenvalue weighted by Gasteiger charge is 2.38. The molecule has 4 aromatic rings. The van der Waals surface area contributed by atoms with E-state index in [1.807, 2.05) is 66.9 Å². The summed E-state index contributed by atoms with van der Waals surface area (Å²) in [7, 11) is 1.61. The number of alkyl halides is 3. The molecule has 4 N–H and O–H groups in total. The number of hydrogen-bond acceptors (Lipinski definition) is 6. The average Bonchev–Trinajstić information content (AvgIpc) is 3.35. The van der Waals surface area contributed by atoms with Crippen molar-refractivity contribution in [3.05, 3.63) is 84.2 Å². The first-order valence-electron chi connectivity index (χ1n) is 12.1. The number of hydrogen-bond donors (Lipinski definition) is 4. The zero-order valence-electron chi connectivity index (χ0n) is 21.4. The minimum Gasteiger partial charge on any atom is -0.497 e. The molecular weight excluding hydrogens is 531 g/mol. The second-order valence-corrected chi connectivity index (χ2v) is 8.52. The first-order valence-corrected chi connectivity index (χ1v) is 12.1. The molecule has 40 heavy (non-hydrogen) atoms. The van der Waals surface area contributed by atoms with E-state index in [9.17, 15) is 23.1 Å². The molecule has 0 saturated heterocycles. The molecule has 0 saturated carbocycles. The Kier molecular flexibility index (Phi) is 10.3. The maximum absolute atomic E-state index is 11.6. The molecule has 2 aromatic heterocycles. The van der Waals surface area contributed by atoms with Crippen molar-refractivity contribution >= 4 is 28.7 Å². The van der Waals surface area contributed by atoms with Crippen molar-refractivity contribution in [1.82, 2.24) is 9.97 Å². The third-order valence-corrected chi connectivity index (χ3v) is 5.76. The third kappa shape index (κ3) is 8.65. The summed E-state index contributed by atoms with van der Waals surface area (Å²) in [5.41, 5.74) is 2.79. The van der Waals surface area contributed by atoms with Crippen LogP contribution >= 0.6 is 0 Å². The lowest BCUT2D eigenvalue weighted by Gasteiger charge is -2.16. The lowest BCUT2D eigenvalue weighted by molar-refractivity contribution is -0.192. The first kappa shape index (κ1) is 29.8. The summed E-state index contributed by atoms with van der Waals surface area (Å²) in [6.07, 6.45) is -0.596. The Morgan fingerprint density at radius 2 is 1.75 bits per heavy atom. The van der Waals surface area contributed by atoms with Gasteiger partial charge < -0.3 is 30.0 Å². The number of methoxy groups -OCH3 is 1. The molecule has 0 aliphatic carbocycles. The molecule has 1 unspecified atom stereocenters. The molecule has 4 rings (SSSR count). The van der Waals surface area contributed by atoms with Crippen LogP contribution in [0.15, 0.2) is 73.1 Å². The smallest absolute Gasteiger partial charge is 0.490 e. The molecule has 0 spiro atoms. The number of rotatable bonds is 11. The van der Waals surface area contributed by atoms with E-state index in [1.54, 1.807) is 13.3 Å². The van der Waals surface area contributed by atoms with Crippen molar-refractivity contribution in [2.45, 2.75) is 24.9 Å². The molecule has 0 fully saturated rings. The van der Waals surface area contributed by atoms with Crippen molar-refractivity contribution in [3.8, 4) is 11.5 Å².